The van der Waals surface area contributed by atoms with Crippen LogP contribution in [0.3, 0.4) is 0 Å². The van der Waals surface area contributed by atoms with E-state index in [1.165, 1.54) is 36.3 Å². The number of amides is 5. The largest absolute Gasteiger partial charge is 0.381 e. The maximum Gasteiger partial charge on any atom is 0.268 e. The third-order valence-corrected chi connectivity index (χ3v) is 4.44. The highest BCUT2D eigenvalue weighted by atomic mass is 16.5. The maximum absolute atomic E-state index is 11.1. The van der Waals surface area contributed by atoms with E-state index in [0.717, 1.165) is 37.5 Å². The quantitative estimate of drug-likeness (QED) is 0.204. The summed E-state index contributed by atoms with van der Waals surface area (Å²) in [6.45, 7) is 13.3. The van der Waals surface area contributed by atoms with Gasteiger partial charge in [0.15, 0.2) is 0 Å². The average molecular weight is 509 g/mol. The minimum atomic E-state index is -0.317. The summed E-state index contributed by atoms with van der Waals surface area (Å²) in [5, 5.41) is 3.67. The van der Waals surface area contributed by atoms with E-state index in [1.807, 2.05) is 6.92 Å². The van der Waals surface area contributed by atoms with Gasteiger partial charge in [-0.1, -0.05) is 20.4 Å². The lowest BCUT2D eigenvalue weighted by Gasteiger charge is -2.12. The van der Waals surface area contributed by atoms with Gasteiger partial charge in [-0.15, -0.1) is 0 Å². The fraction of sp³-hybridized carbons (Fsp3) is 0.560. The fourth-order valence-corrected chi connectivity index (χ4v) is 2.62. The molecule has 0 aromatic heterocycles. The zero-order chi connectivity index (χ0) is 27.3. The average Bonchev–Trinajstić information content (AvgIpc) is 3.35. The Morgan fingerprint density at radius 1 is 0.833 bits per heavy atom. The van der Waals surface area contributed by atoms with Crippen LogP contribution in [0.1, 0.15) is 46.5 Å². The number of carbonyl (C=O) groups is 5. The van der Waals surface area contributed by atoms with E-state index in [9.17, 15) is 24.0 Å². The monoisotopic (exact) mass is 508 g/mol. The van der Waals surface area contributed by atoms with Gasteiger partial charge in [-0.2, -0.15) is 0 Å². The zero-order valence-electron chi connectivity index (χ0n) is 21.8. The molecule has 2 N–H and O–H groups in total. The van der Waals surface area contributed by atoms with Gasteiger partial charge in [0.05, 0.1) is 0 Å². The minimum absolute atomic E-state index is 0.0736. The van der Waals surface area contributed by atoms with Gasteiger partial charge < -0.3 is 14.8 Å². The molecule has 0 aromatic rings. The van der Waals surface area contributed by atoms with E-state index < -0.39 is 0 Å². The standard InChI is InChI=1S/C10H15NO3.C10H19NO2.C5H6N2O2/c1-2-7-14-8-3-6-11-9(12)4-5-10(11)13;1-4-7-13-8-5-6-11-10(12)9(2)3;1-6-7-4(8)2-3-5(7)9/h4-5H,2-3,6-8H2,1H3;2,4-8H2,1,3H3,(H,11,12);2-3,6H,1H3. The molecular weight excluding hydrogens is 468 g/mol. The van der Waals surface area contributed by atoms with Crippen molar-refractivity contribution in [2.45, 2.75) is 46.5 Å². The SMILES string of the molecule is C=C(C)C(=O)NCCCOCCC.CCCOCCCN1C(=O)C=CC1=O.CNN1C(=O)C=CC1=O. The molecule has 0 radical (unpaired) electrons. The molecule has 0 fully saturated rings. The fourth-order valence-electron chi connectivity index (χ4n) is 2.62. The van der Waals surface area contributed by atoms with Crippen LogP contribution in [0, 0.1) is 0 Å². The van der Waals surface area contributed by atoms with Crippen LogP contribution in [0.5, 0.6) is 0 Å². The van der Waals surface area contributed by atoms with Gasteiger partial charge in [0, 0.05) is 76.4 Å². The van der Waals surface area contributed by atoms with E-state index >= 15 is 0 Å². The van der Waals surface area contributed by atoms with Crippen LogP contribution in [0.15, 0.2) is 36.5 Å². The summed E-state index contributed by atoms with van der Waals surface area (Å²) in [5.41, 5.74) is 2.99. The van der Waals surface area contributed by atoms with Crippen LogP contribution in [-0.4, -0.2) is 86.0 Å². The lowest BCUT2D eigenvalue weighted by atomic mass is 10.3. The van der Waals surface area contributed by atoms with Crippen molar-refractivity contribution in [3.63, 3.8) is 0 Å². The van der Waals surface area contributed by atoms with Crippen LogP contribution in [0.25, 0.3) is 0 Å². The molecule has 2 heterocycles. The number of nitrogens with zero attached hydrogens (tertiary/aromatic N) is 2. The first-order valence-electron chi connectivity index (χ1n) is 12.1. The van der Waals surface area contributed by atoms with Crippen molar-refractivity contribution in [2.24, 2.45) is 0 Å². The number of carbonyl (C=O) groups excluding carboxylic acids is 5. The second kappa shape index (κ2) is 20.1. The topological polar surface area (TPSA) is 134 Å². The third kappa shape index (κ3) is 14.3. The zero-order valence-corrected chi connectivity index (χ0v) is 21.8. The highest BCUT2D eigenvalue weighted by Crippen LogP contribution is 2.04. The molecule has 0 aliphatic carbocycles. The Labute approximate surface area is 213 Å². The Bertz CT molecular complexity index is 772. The van der Waals surface area contributed by atoms with E-state index in [2.05, 4.69) is 24.2 Å². The number of nitrogens with one attached hydrogen (secondary N) is 2. The summed E-state index contributed by atoms with van der Waals surface area (Å²) in [6.07, 6.45) is 8.64. The molecule has 2 aliphatic rings. The first-order chi connectivity index (χ1) is 17.2. The lowest BCUT2D eigenvalue weighted by Crippen LogP contribution is -2.39. The smallest absolute Gasteiger partial charge is 0.268 e. The molecule has 202 valence electrons. The molecule has 2 rings (SSSR count). The van der Waals surface area contributed by atoms with Gasteiger partial charge in [0.25, 0.3) is 23.6 Å². The lowest BCUT2D eigenvalue weighted by molar-refractivity contribution is -0.140. The highest BCUT2D eigenvalue weighted by molar-refractivity contribution is 6.13. The van der Waals surface area contributed by atoms with Crippen molar-refractivity contribution in [3.8, 4) is 0 Å². The number of rotatable bonds is 14. The van der Waals surface area contributed by atoms with Crippen LogP contribution >= 0.6 is 0 Å². The number of imide groups is 2. The summed E-state index contributed by atoms with van der Waals surface area (Å²) in [4.78, 5) is 55.5. The second-order valence-electron chi connectivity index (χ2n) is 7.70. The van der Waals surface area contributed by atoms with Gasteiger partial charge in [0.1, 0.15) is 0 Å². The predicted octanol–water partition coefficient (Wildman–Crippen LogP) is 1.27. The molecule has 0 aromatic carbocycles. The Morgan fingerprint density at radius 2 is 1.31 bits per heavy atom. The highest BCUT2D eigenvalue weighted by Gasteiger charge is 2.22. The molecule has 36 heavy (non-hydrogen) atoms. The molecule has 0 saturated heterocycles. The second-order valence-corrected chi connectivity index (χ2v) is 7.70. The van der Waals surface area contributed by atoms with Crippen LogP contribution < -0.4 is 10.7 Å². The molecule has 0 atom stereocenters. The van der Waals surface area contributed by atoms with E-state index in [4.69, 9.17) is 9.47 Å². The van der Waals surface area contributed by atoms with Crippen molar-refractivity contribution < 1.29 is 33.4 Å². The molecule has 0 unspecified atom stereocenters. The minimum Gasteiger partial charge on any atom is -0.381 e. The summed E-state index contributed by atoms with van der Waals surface area (Å²) in [7, 11) is 1.52. The van der Waals surface area contributed by atoms with Crippen LogP contribution in [-0.2, 0) is 33.4 Å². The summed E-state index contributed by atoms with van der Waals surface area (Å²) in [6, 6.07) is 0. The molecule has 0 saturated carbocycles. The van der Waals surface area contributed by atoms with Crippen molar-refractivity contribution in [1.82, 2.24) is 20.7 Å². The van der Waals surface area contributed by atoms with Crippen molar-refractivity contribution in [3.05, 3.63) is 36.5 Å². The number of hydrogen-bond acceptors (Lipinski definition) is 8. The molecule has 11 heteroatoms. The Morgan fingerprint density at radius 3 is 1.72 bits per heavy atom. The number of hydrogen-bond donors (Lipinski definition) is 2. The van der Waals surface area contributed by atoms with Crippen molar-refractivity contribution >= 4 is 29.5 Å². The molecule has 11 nitrogen and oxygen atoms in total. The van der Waals surface area contributed by atoms with Gasteiger partial charge >= 0.3 is 0 Å². The van der Waals surface area contributed by atoms with E-state index in [1.54, 1.807) is 6.92 Å². The molecule has 0 bridgehead atoms. The normalized spacial score (nSPS) is 14.0. The Kier molecular flexibility index (Phi) is 18.3. The molecule has 5 amide bonds. The third-order valence-electron chi connectivity index (χ3n) is 4.44. The number of ether oxygens (including phenoxy) is 2. The first kappa shape index (κ1) is 32.8. The Balaban J connectivity index is 0.000000522. The van der Waals surface area contributed by atoms with E-state index in [-0.39, 0.29) is 29.5 Å². The van der Waals surface area contributed by atoms with Crippen molar-refractivity contribution in [2.75, 3.05) is 46.6 Å². The molecular formula is C25H40N4O7. The maximum atomic E-state index is 11.1. The van der Waals surface area contributed by atoms with Crippen molar-refractivity contribution in [1.29, 1.82) is 0 Å². The van der Waals surface area contributed by atoms with Crippen LogP contribution in [0.2, 0.25) is 0 Å². The van der Waals surface area contributed by atoms with Gasteiger partial charge in [0.2, 0.25) is 5.91 Å². The van der Waals surface area contributed by atoms with E-state index in [0.29, 0.717) is 38.3 Å². The Hall–Kier alpha value is -3.15. The van der Waals surface area contributed by atoms with Gasteiger partial charge in [-0.3, -0.25) is 28.9 Å². The van der Waals surface area contributed by atoms with Gasteiger partial charge in [-0.25, -0.2) is 10.4 Å². The molecule has 0 spiro atoms. The summed E-state index contributed by atoms with van der Waals surface area (Å²) < 4.78 is 10.5. The van der Waals surface area contributed by atoms with Gasteiger partial charge in [-0.05, 0) is 32.6 Å². The van der Waals surface area contributed by atoms with Crippen LogP contribution in [0.4, 0.5) is 0 Å². The summed E-state index contributed by atoms with van der Waals surface area (Å²) >= 11 is 0. The first-order valence-corrected chi connectivity index (χ1v) is 12.1. The summed E-state index contributed by atoms with van der Waals surface area (Å²) in [5.74, 6) is -1.14. The number of hydrazine groups is 1. The molecule has 2 aliphatic heterocycles. The predicted molar refractivity (Wildman–Crippen MR) is 135 cm³/mol.